The molecule has 2 heterocycles. The fourth-order valence-corrected chi connectivity index (χ4v) is 0.966. The van der Waals surface area contributed by atoms with Gasteiger partial charge in [-0.25, -0.2) is 0 Å². The Morgan fingerprint density at radius 1 is 1.42 bits per heavy atom. The zero-order chi connectivity index (χ0) is 7.68. The number of rotatable bonds is 0. The van der Waals surface area contributed by atoms with E-state index in [4.69, 9.17) is 0 Å². The molecule has 0 atom stereocenters. The van der Waals surface area contributed by atoms with Gasteiger partial charge in [-0.05, 0) is 19.1 Å². The van der Waals surface area contributed by atoms with E-state index in [0.29, 0.717) is 0 Å². The molecule has 1 aromatic heterocycles. The van der Waals surface area contributed by atoms with Crippen LogP contribution in [0.4, 0.5) is 0 Å². The van der Waals surface area contributed by atoms with Crippen molar-refractivity contribution in [1.29, 1.82) is 0 Å². The van der Waals surface area contributed by atoms with Crippen molar-refractivity contribution in [2.75, 3.05) is 0 Å². The van der Waals surface area contributed by atoms with Gasteiger partial charge in [0.2, 0.25) is 0 Å². The van der Waals surface area contributed by atoms with Crippen LogP contribution in [0.5, 0.6) is 0 Å². The van der Waals surface area contributed by atoms with Gasteiger partial charge in [-0.3, -0.25) is 4.57 Å². The maximum atomic E-state index is 3.95. The van der Waals surface area contributed by atoms with Crippen LogP contribution in [-0.2, 0) is 0 Å². The van der Waals surface area contributed by atoms with Crippen molar-refractivity contribution >= 4 is 12.3 Å². The predicted octanol–water partition coefficient (Wildman–Crippen LogP) is 1.24. The summed E-state index contributed by atoms with van der Waals surface area (Å²) in [6, 6.07) is 0. The third-order valence-electron chi connectivity index (χ3n) is 1.53. The summed E-state index contributed by atoms with van der Waals surface area (Å²) in [6.07, 6.45) is 7.46. The van der Waals surface area contributed by atoms with Crippen molar-refractivity contribution in [2.24, 2.45) is 0 Å². The number of hydrogen-bond acceptors (Lipinski definition) is 2. The number of nitrogens with zero attached hydrogens (tertiary/aromatic N) is 3. The minimum atomic E-state index is 0. The maximum absolute atomic E-state index is 3.95. The minimum Gasteiger partial charge on any atom is -0.279 e. The molecule has 0 spiro atoms. The van der Waals surface area contributed by atoms with Crippen LogP contribution in [0.25, 0.3) is 12.3 Å². The number of hydrogen-bond donors (Lipinski definition) is 0. The normalized spacial score (nSPS) is 12.1. The van der Waals surface area contributed by atoms with Crippen LogP contribution in [0, 0.1) is 6.92 Å². The van der Waals surface area contributed by atoms with E-state index >= 15 is 0 Å². The Morgan fingerprint density at radius 2 is 2.25 bits per heavy atom. The average molecular weight is 407 g/mol. The van der Waals surface area contributed by atoms with Crippen LogP contribution >= 0.6 is 0 Å². The van der Waals surface area contributed by atoms with E-state index in [0.717, 1.165) is 11.6 Å². The van der Waals surface area contributed by atoms with Gasteiger partial charge in [0.05, 0.1) is 6.20 Å². The molecule has 3 nitrogen and oxygen atoms in total. The molecule has 0 N–H and O–H groups in total. The molecule has 1 radical (unpaired) electrons. The molecule has 1 aromatic rings. The van der Waals surface area contributed by atoms with Gasteiger partial charge < -0.3 is 0 Å². The molecule has 0 amide bonds. The van der Waals surface area contributed by atoms with Crippen LogP contribution < -0.4 is 0 Å². The summed E-state index contributed by atoms with van der Waals surface area (Å²) in [6.45, 7) is 1.91. The molecule has 0 fully saturated rings. The zero-order valence-electron chi connectivity index (χ0n) is 6.41. The topological polar surface area (TPSA) is 30.7 Å². The Bertz CT molecular complexity index is 370. The number of allylic oxidation sites excluding steroid dienone is 2. The standard InChI is InChI=1S/C8H7N3.Lr/c1-7-9-10-8-5-3-2-4-6-11(7)8;/h2-3,5-6H,1H3;. The third-order valence-corrected chi connectivity index (χ3v) is 1.53. The molecular weight excluding hydrogens is 400 g/mol. The second kappa shape index (κ2) is 2.56. The van der Waals surface area contributed by atoms with Crippen molar-refractivity contribution in [3.63, 3.8) is 0 Å². The minimum absolute atomic E-state index is 0. The van der Waals surface area contributed by atoms with Crippen molar-refractivity contribution in [3.05, 3.63) is 29.5 Å². The summed E-state index contributed by atoms with van der Waals surface area (Å²) >= 11 is 0. The van der Waals surface area contributed by atoms with E-state index in [1.807, 2.05) is 35.9 Å². The van der Waals surface area contributed by atoms with Crippen LogP contribution in [0.3, 0.4) is 0 Å². The Labute approximate surface area is 64.4 Å². The molecule has 4 heteroatoms. The van der Waals surface area contributed by atoms with Crippen LogP contribution in [0.2, 0.25) is 0 Å². The number of aromatic nitrogens is 3. The predicted molar refractivity (Wildman–Crippen MR) is 42.6 cm³/mol. The molecule has 2 rings (SSSR count). The van der Waals surface area contributed by atoms with Crippen LogP contribution in [0.1, 0.15) is 11.6 Å². The zero-order valence-corrected chi connectivity index (χ0v) is 8.56. The van der Waals surface area contributed by atoms with Gasteiger partial charge in [-0.15, -0.1) is 15.9 Å². The molecule has 0 saturated heterocycles. The summed E-state index contributed by atoms with van der Waals surface area (Å²) in [5.74, 6) is 1.73. The van der Waals surface area contributed by atoms with Gasteiger partial charge in [0, 0.05) is 0 Å². The monoisotopic (exact) mass is 407 g/mol. The first-order chi connectivity index (χ1) is 5.38. The van der Waals surface area contributed by atoms with Crippen molar-refractivity contribution in [1.82, 2.24) is 14.8 Å². The first-order valence-electron chi connectivity index (χ1n) is 3.39. The Morgan fingerprint density at radius 3 is 3.08 bits per heavy atom. The van der Waals surface area contributed by atoms with E-state index in [9.17, 15) is 0 Å². The largest absolute Gasteiger partial charge is 0.279 e. The fourth-order valence-electron chi connectivity index (χ4n) is 0.966. The smallest absolute Gasteiger partial charge is 0.161 e. The third kappa shape index (κ3) is 0.895. The number of aryl methyl sites for hydroxylation is 1. The van der Waals surface area contributed by atoms with Crippen molar-refractivity contribution in [2.45, 2.75) is 6.92 Å². The molecule has 0 unspecified atom stereocenters. The second-order valence-corrected chi connectivity index (χ2v) is 2.30. The molecule has 69 valence electrons. The first-order valence-corrected chi connectivity index (χ1v) is 3.39. The van der Waals surface area contributed by atoms with Gasteiger partial charge in [-0.2, -0.15) is 0 Å². The van der Waals surface area contributed by atoms with Gasteiger partial charge in [0.1, 0.15) is 5.82 Å². The summed E-state index contributed by atoms with van der Waals surface area (Å²) in [5, 5.41) is 7.87. The van der Waals surface area contributed by atoms with E-state index < -0.39 is 0 Å². The van der Waals surface area contributed by atoms with E-state index in [2.05, 4.69) is 15.9 Å². The van der Waals surface area contributed by atoms with Crippen molar-refractivity contribution < 1.29 is 0 Å². The Hall–Kier alpha value is -2.60. The van der Waals surface area contributed by atoms with Crippen LogP contribution in [0.15, 0.2) is 17.9 Å². The molecule has 0 bridgehead atoms. The van der Waals surface area contributed by atoms with Gasteiger partial charge >= 0.3 is 0 Å². The molecule has 0 aromatic carbocycles. The molecule has 12 heavy (non-hydrogen) atoms. The summed E-state index contributed by atoms with van der Waals surface area (Å²) < 4.78 is 1.89. The molecule has 0 saturated carbocycles. The van der Waals surface area contributed by atoms with E-state index in [1.54, 1.807) is 0 Å². The summed E-state index contributed by atoms with van der Waals surface area (Å²) in [4.78, 5) is 0. The quantitative estimate of drug-likeness (QED) is 0.607. The second-order valence-electron chi connectivity index (χ2n) is 2.30. The van der Waals surface area contributed by atoms with E-state index in [-0.39, 0.29) is 0 Å². The van der Waals surface area contributed by atoms with E-state index in [1.165, 1.54) is 0 Å². The SMILES string of the molecule is Cc1nnc2n1C=C=CC=C2.[Lr]. The first kappa shape index (κ1) is 7.51. The molecule has 1 aliphatic rings. The van der Waals surface area contributed by atoms with Gasteiger partial charge in [0.25, 0.3) is 0 Å². The van der Waals surface area contributed by atoms with Crippen molar-refractivity contribution in [3.8, 4) is 0 Å². The maximum Gasteiger partial charge on any atom is 0.161 e. The average Bonchev–Trinajstić information content (AvgIpc) is 2.25. The summed E-state index contributed by atoms with van der Waals surface area (Å²) in [7, 11) is 0. The van der Waals surface area contributed by atoms with Gasteiger partial charge in [0.15, 0.2) is 5.82 Å². The van der Waals surface area contributed by atoms with Crippen LogP contribution in [-0.4, -0.2) is 14.8 Å². The number of fused-ring (bicyclic) bond motifs is 1. The summed E-state index contributed by atoms with van der Waals surface area (Å²) in [5.41, 5.74) is 2.98. The molecular formula is C8H7LrN3. The Kier molecular flexibility index (Phi) is 1.60. The molecule has 1 aliphatic heterocycles. The Balaban J connectivity index is 0.000000720. The molecule has 0 aliphatic carbocycles. The fraction of sp³-hybridized carbons (Fsp3) is 0.125. The van der Waals surface area contributed by atoms with Gasteiger partial charge in [-0.1, -0.05) is 6.08 Å².